The second-order valence-corrected chi connectivity index (χ2v) is 24.3. The average molecular weight is 1100 g/mol. The van der Waals surface area contributed by atoms with Crippen LogP contribution in [0.15, 0.2) is 134 Å². The lowest BCUT2D eigenvalue weighted by Gasteiger charge is -2.17. The summed E-state index contributed by atoms with van der Waals surface area (Å²) in [6.07, 6.45) is 2.25. The van der Waals surface area contributed by atoms with Crippen molar-refractivity contribution in [2.24, 2.45) is 0 Å². The smallest absolute Gasteiger partial charge is 0.189 e. The van der Waals surface area contributed by atoms with E-state index in [2.05, 4.69) is 30.9 Å². The highest BCUT2D eigenvalue weighted by Gasteiger charge is 2.33. The number of sulfone groups is 2. The predicted octanol–water partition coefficient (Wildman–Crippen LogP) is 8.95. The van der Waals surface area contributed by atoms with Gasteiger partial charge in [0.05, 0.1) is 70.1 Å². The third-order valence-corrected chi connectivity index (χ3v) is 18.6. The molecule has 0 saturated carbocycles. The molecule has 8 aromatic rings. The van der Waals surface area contributed by atoms with Crippen LogP contribution in [0.3, 0.4) is 0 Å². The predicted molar refractivity (Wildman–Crippen MR) is 290 cm³/mol. The summed E-state index contributed by atoms with van der Waals surface area (Å²) >= 11 is 0. The van der Waals surface area contributed by atoms with Gasteiger partial charge in [0.1, 0.15) is 17.5 Å². The number of aromatic nitrogens is 6. The van der Waals surface area contributed by atoms with Crippen molar-refractivity contribution < 1.29 is 44.1 Å². The summed E-state index contributed by atoms with van der Waals surface area (Å²) in [4.78, 5) is 19.0. The van der Waals surface area contributed by atoms with Crippen LogP contribution >= 0.6 is 0 Å². The van der Waals surface area contributed by atoms with Gasteiger partial charge in [-0.1, -0.05) is 83.1 Å². The first-order valence-electron chi connectivity index (χ1n) is 25.6. The van der Waals surface area contributed by atoms with E-state index in [1.807, 2.05) is 48.5 Å². The van der Waals surface area contributed by atoms with Crippen molar-refractivity contribution in [2.45, 2.75) is 91.1 Å². The Morgan fingerprint density at radius 3 is 1.63 bits per heavy atom. The highest BCUT2D eigenvalue weighted by Crippen LogP contribution is 2.39. The van der Waals surface area contributed by atoms with Crippen molar-refractivity contribution in [3.05, 3.63) is 132 Å². The molecule has 0 amide bonds. The number of nitrogen functional groups attached to an aromatic ring is 2. The number of anilines is 2. The summed E-state index contributed by atoms with van der Waals surface area (Å²) in [5, 5.41) is 14.0. The molecule has 3 unspecified atom stereocenters. The minimum absolute atomic E-state index is 0.0653. The number of alkyl halides is 2. The van der Waals surface area contributed by atoms with Crippen LogP contribution in [0, 0.1) is 0 Å². The number of rotatable bonds is 21. The average Bonchev–Trinajstić information content (AvgIpc) is 4.38. The Morgan fingerprint density at radius 1 is 0.603 bits per heavy atom. The molecule has 6 N–H and O–H groups in total. The van der Waals surface area contributed by atoms with Crippen LogP contribution in [-0.4, -0.2) is 103 Å². The summed E-state index contributed by atoms with van der Waals surface area (Å²) in [6, 6.07) is 32.0. The third-order valence-electron chi connectivity index (χ3n) is 14.2. The number of nitrogens with one attached hydrogen (secondary N) is 2. The Labute approximate surface area is 450 Å². The third kappa shape index (κ3) is 11.7. The van der Waals surface area contributed by atoms with Crippen molar-refractivity contribution in [2.75, 3.05) is 44.6 Å². The molecule has 18 nitrogen and oxygen atoms in total. The van der Waals surface area contributed by atoms with Gasteiger partial charge in [-0.25, -0.2) is 36.8 Å². The minimum atomic E-state index is -3.79. The van der Waals surface area contributed by atoms with Crippen LogP contribution in [-0.2, 0) is 42.2 Å². The molecule has 406 valence electrons. The first-order valence-corrected chi connectivity index (χ1v) is 28.7. The fourth-order valence-electron chi connectivity index (χ4n) is 9.31. The van der Waals surface area contributed by atoms with E-state index in [1.165, 1.54) is 44.3 Å². The van der Waals surface area contributed by atoms with Crippen LogP contribution in [0.4, 0.5) is 20.4 Å². The van der Waals surface area contributed by atoms with Crippen LogP contribution < -0.4 is 22.1 Å². The molecule has 0 aliphatic carbocycles. The van der Waals surface area contributed by atoms with Gasteiger partial charge in [-0.15, -0.1) is 0 Å². The molecule has 0 bridgehead atoms. The van der Waals surface area contributed by atoms with E-state index in [4.69, 9.17) is 40.0 Å². The minimum Gasteiger partial charge on any atom is -0.382 e. The highest BCUT2D eigenvalue weighted by molar-refractivity contribution is 7.92. The topological polar surface area (TPSA) is 266 Å². The van der Waals surface area contributed by atoms with E-state index in [0.717, 1.165) is 35.3 Å². The monoisotopic (exact) mass is 1100 g/mol. The van der Waals surface area contributed by atoms with Crippen LogP contribution in [0.2, 0.25) is 0 Å². The normalized spacial score (nSPS) is 17.6. The Balaban J connectivity index is 0.822. The molecule has 22 heteroatoms. The van der Waals surface area contributed by atoms with Crippen molar-refractivity contribution in [1.29, 1.82) is 0 Å². The summed E-state index contributed by atoms with van der Waals surface area (Å²) in [6.45, 7) is 4.56. The standard InChI is InChI=1S/C56H58F2N10O8S2/c1-33(19-22-57)77(69,70)43-15-11-39(12-16-43)47-30-63-55(59)53(64-47)49-26-45(67-75-49)37-9-5-36(6-10-37)29-62-42-25-48(74-32-42)52-51(40-13-17-44(18-14-40)78(71,72)34(2)20-23-58)65-54(56(60)66-52)50-27-46(68-76-50)38-7-3-35(4-8-38)28-61-41-21-24-73-31-41/h3-18,26-27,30,33-34,41-42,48,61-62H,19-25,28-29,31-32H2,1-2H3,(H2,59,63)(H2,60,66)/t33?,34?,41-,42+,48?/m0/s1. The maximum absolute atomic E-state index is 13.3. The molecule has 2 aliphatic rings. The molecule has 2 fully saturated rings. The summed E-state index contributed by atoms with van der Waals surface area (Å²) < 4.78 is 102. The zero-order valence-electron chi connectivity index (χ0n) is 42.8. The van der Waals surface area contributed by atoms with Crippen molar-refractivity contribution >= 4 is 31.3 Å². The number of ether oxygens (including phenoxy) is 2. The Hall–Kier alpha value is -7.34. The van der Waals surface area contributed by atoms with Gasteiger partial charge >= 0.3 is 0 Å². The van der Waals surface area contributed by atoms with Gasteiger partial charge in [0.25, 0.3) is 0 Å². The van der Waals surface area contributed by atoms with Gasteiger partial charge in [0.2, 0.25) is 0 Å². The number of nitrogens with two attached hydrogens (primary N) is 2. The van der Waals surface area contributed by atoms with E-state index in [0.29, 0.717) is 84.1 Å². The molecular weight excluding hydrogens is 1040 g/mol. The highest BCUT2D eigenvalue weighted by atomic mass is 32.2. The Morgan fingerprint density at radius 2 is 1.10 bits per heavy atom. The largest absolute Gasteiger partial charge is 0.382 e. The first-order chi connectivity index (χ1) is 37.7. The summed E-state index contributed by atoms with van der Waals surface area (Å²) in [7, 11) is -7.49. The molecule has 0 radical (unpaired) electrons. The maximum atomic E-state index is 13.3. The van der Waals surface area contributed by atoms with Crippen molar-refractivity contribution in [1.82, 2.24) is 40.9 Å². The molecule has 0 spiro atoms. The molecule has 2 saturated heterocycles. The van der Waals surface area contributed by atoms with Crippen molar-refractivity contribution in [3.8, 4) is 67.9 Å². The lowest BCUT2D eigenvalue weighted by molar-refractivity contribution is 0.106. The van der Waals surface area contributed by atoms with Gasteiger partial charge in [0.15, 0.2) is 54.2 Å². The molecule has 6 heterocycles. The second kappa shape index (κ2) is 23.3. The number of benzene rings is 4. The molecule has 10 rings (SSSR count). The second-order valence-electron chi connectivity index (χ2n) is 19.5. The lowest BCUT2D eigenvalue weighted by Crippen LogP contribution is -2.28. The molecule has 4 aromatic heterocycles. The molecule has 5 atom stereocenters. The molecule has 78 heavy (non-hydrogen) atoms. The summed E-state index contributed by atoms with van der Waals surface area (Å²) in [5.41, 5.74) is 20.8. The number of hydrogen-bond acceptors (Lipinski definition) is 18. The van der Waals surface area contributed by atoms with Gasteiger partial charge in [0, 0.05) is 66.2 Å². The SMILES string of the molecule is CC(CCF)S(=O)(=O)c1ccc(-c2cnc(N)c(-c3cc(-c4ccc(CN[C@H]5COC(c6nc(N)c(-c7cc(-c8ccc(CN[C@H]9CCOC9)cc8)no7)nc6-c6ccc(S(=O)(=O)C(C)CCF)cc6)C5)cc4)no3)n2)cc1. The van der Waals surface area contributed by atoms with Gasteiger partial charge in [-0.05, 0) is 74.9 Å². The summed E-state index contributed by atoms with van der Waals surface area (Å²) in [5.74, 6) is 0.791. The van der Waals surface area contributed by atoms with E-state index >= 15 is 0 Å². The van der Waals surface area contributed by atoms with Gasteiger partial charge in [-0.3, -0.25) is 8.78 Å². The Bertz CT molecular complexity index is 3600. The van der Waals surface area contributed by atoms with E-state index in [-0.39, 0.29) is 57.5 Å². The zero-order chi connectivity index (χ0) is 54.6. The fraction of sp³-hybridized carbons (Fsp3) is 0.321. The van der Waals surface area contributed by atoms with E-state index in [9.17, 15) is 25.6 Å². The van der Waals surface area contributed by atoms with E-state index < -0.39 is 49.6 Å². The number of nitrogens with zero attached hydrogens (tertiary/aromatic N) is 6. The molecule has 4 aromatic carbocycles. The van der Waals surface area contributed by atoms with Gasteiger partial charge in [-0.2, -0.15) is 0 Å². The Kier molecular flexibility index (Phi) is 16.2. The van der Waals surface area contributed by atoms with Crippen LogP contribution in [0.1, 0.15) is 62.5 Å². The molecular formula is C56H58F2N10O8S2. The van der Waals surface area contributed by atoms with Gasteiger partial charge < -0.3 is 40.6 Å². The maximum Gasteiger partial charge on any atom is 0.189 e. The zero-order valence-corrected chi connectivity index (χ0v) is 44.4. The lowest BCUT2D eigenvalue weighted by atomic mass is 10.0. The van der Waals surface area contributed by atoms with Crippen molar-refractivity contribution in [3.63, 3.8) is 0 Å². The first kappa shape index (κ1) is 54.0. The van der Waals surface area contributed by atoms with E-state index in [1.54, 1.807) is 36.4 Å². The van der Waals surface area contributed by atoms with Crippen LogP contribution in [0.25, 0.3) is 67.9 Å². The molecule has 2 aliphatic heterocycles. The fourth-order valence-corrected chi connectivity index (χ4v) is 12.1. The number of halogens is 2. The van der Waals surface area contributed by atoms with Crippen LogP contribution in [0.5, 0.6) is 0 Å². The number of hydrogen-bond donors (Lipinski definition) is 4. The quantitative estimate of drug-likeness (QED) is 0.0523.